The summed E-state index contributed by atoms with van der Waals surface area (Å²) in [5, 5.41) is 4.88. The second kappa shape index (κ2) is 7.39. The molecule has 0 unspecified atom stereocenters. The van der Waals surface area contributed by atoms with Gasteiger partial charge in [0.2, 0.25) is 5.88 Å². The summed E-state index contributed by atoms with van der Waals surface area (Å²) in [6.07, 6.45) is 3.30. The molecule has 0 spiro atoms. The molecule has 0 saturated heterocycles. The van der Waals surface area contributed by atoms with Crippen LogP contribution in [0.2, 0.25) is 5.02 Å². The maximum atomic E-state index is 12.1. The van der Waals surface area contributed by atoms with Crippen LogP contribution in [0.1, 0.15) is 0 Å². The van der Waals surface area contributed by atoms with E-state index in [0.29, 0.717) is 10.7 Å². The standard InChI is InChI=1S/C20H13ClN4O2/c21-16-8-6-14(7-9-16)15-12-22-20(23-13-15)27-18-10-11-19(26)25(24-18)17-4-2-1-3-5-17/h1-13H. The molecular weight excluding hydrogens is 364 g/mol. The van der Waals surface area contributed by atoms with Crippen molar-refractivity contribution in [3.05, 3.63) is 94.5 Å². The highest BCUT2D eigenvalue weighted by Crippen LogP contribution is 2.22. The van der Waals surface area contributed by atoms with Crippen LogP contribution >= 0.6 is 11.6 Å². The van der Waals surface area contributed by atoms with Gasteiger partial charge in [0, 0.05) is 35.1 Å². The monoisotopic (exact) mass is 376 g/mol. The molecule has 0 aliphatic rings. The van der Waals surface area contributed by atoms with Crippen molar-refractivity contribution < 1.29 is 4.74 Å². The van der Waals surface area contributed by atoms with Crippen LogP contribution in [0, 0.1) is 0 Å². The molecule has 2 aromatic heterocycles. The highest BCUT2D eigenvalue weighted by molar-refractivity contribution is 6.30. The molecule has 0 aliphatic carbocycles. The summed E-state index contributed by atoms with van der Waals surface area (Å²) in [6, 6.07) is 19.5. The lowest BCUT2D eigenvalue weighted by Crippen LogP contribution is -2.20. The van der Waals surface area contributed by atoms with Crippen LogP contribution in [0.3, 0.4) is 0 Å². The highest BCUT2D eigenvalue weighted by Gasteiger charge is 2.07. The Bertz CT molecular complexity index is 1110. The van der Waals surface area contributed by atoms with E-state index >= 15 is 0 Å². The first-order chi connectivity index (χ1) is 13.2. The summed E-state index contributed by atoms with van der Waals surface area (Å²) in [5.41, 5.74) is 2.17. The summed E-state index contributed by atoms with van der Waals surface area (Å²) in [6.45, 7) is 0. The SMILES string of the molecule is O=c1ccc(Oc2ncc(-c3ccc(Cl)cc3)cn2)nn1-c1ccccc1. The Morgan fingerprint density at radius 2 is 1.52 bits per heavy atom. The van der Waals surface area contributed by atoms with Gasteiger partial charge in [0.25, 0.3) is 5.56 Å². The van der Waals surface area contributed by atoms with Crippen molar-refractivity contribution in [3.8, 4) is 28.7 Å². The molecule has 132 valence electrons. The predicted molar refractivity (Wildman–Crippen MR) is 102 cm³/mol. The van der Waals surface area contributed by atoms with Crippen molar-refractivity contribution in [2.75, 3.05) is 0 Å². The van der Waals surface area contributed by atoms with Crippen LogP contribution in [-0.4, -0.2) is 19.7 Å². The van der Waals surface area contributed by atoms with Crippen LogP contribution in [0.25, 0.3) is 16.8 Å². The average Bonchev–Trinajstić information content (AvgIpc) is 2.71. The zero-order valence-corrected chi connectivity index (χ0v) is 14.7. The highest BCUT2D eigenvalue weighted by atomic mass is 35.5. The van der Waals surface area contributed by atoms with Gasteiger partial charge in [-0.3, -0.25) is 4.79 Å². The normalized spacial score (nSPS) is 10.6. The van der Waals surface area contributed by atoms with Gasteiger partial charge in [-0.25, -0.2) is 9.97 Å². The number of halogens is 1. The van der Waals surface area contributed by atoms with Crippen molar-refractivity contribution in [1.82, 2.24) is 19.7 Å². The molecule has 0 fully saturated rings. The summed E-state index contributed by atoms with van der Waals surface area (Å²) in [5.74, 6) is 0.220. The first-order valence-electron chi connectivity index (χ1n) is 8.11. The van der Waals surface area contributed by atoms with Gasteiger partial charge in [-0.05, 0) is 29.8 Å². The van der Waals surface area contributed by atoms with Gasteiger partial charge in [-0.15, -0.1) is 5.10 Å². The van der Waals surface area contributed by atoms with E-state index < -0.39 is 0 Å². The van der Waals surface area contributed by atoms with Gasteiger partial charge in [0.1, 0.15) is 0 Å². The average molecular weight is 377 g/mol. The fraction of sp³-hybridized carbons (Fsp3) is 0. The van der Waals surface area contributed by atoms with Crippen molar-refractivity contribution in [3.63, 3.8) is 0 Å². The molecule has 0 N–H and O–H groups in total. The Morgan fingerprint density at radius 1 is 0.815 bits per heavy atom. The smallest absolute Gasteiger partial charge is 0.323 e. The van der Waals surface area contributed by atoms with E-state index in [9.17, 15) is 4.79 Å². The molecule has 4 aromatic rings. The second-order valence-electron chi connectivity index (χ2n) is 5.62. The molecule has 2 aromatic carbocycles. The molecule has 2 heterocycles. The molecule has 0 amide bonds. The molecule has 0 aliphatic heterocycles. The van der Waals surface area contributed by atoms with Crippen molar-refractivity contribution in [2.45, 2.75) is 0 Å². The fourth-order valence-electron chi connectivity index (χ4n) is 2.46. The zero-order valence-electron chi connectivity index (χ0n) is 14.0. The minimum Gasteiger partial charge on any atom is -0.404 e. The summed E-state index contributed by atoms with van der Waals surface area (Å²) < 4.78 is 6.85. The molecule has 27 heavy (non-hydrogen) atoms. The third kappa shape index (κ3) is 3.86. The molecule has 0 radical (unpaired) electrons. The van der Waals surface area contributed by atoms with Gasteiger partial charge in [-0.1, -0.05) is 41.9 Å². The molecule has 7 heteroatoms. The Morgan fingerprint density at radius 3 is 2.22 bits per heavy atom. The van der Waals surface area contributed by atoms with E-state index in [1.54, 1.807) is 36.7 Å². The quantitative estimate of drug-likeness (QED) is 0.535. The zero-order chi connectivity index (χ0) is 18.6. The number of ether oxygens (including phenoxy) is 1. The molecule has 0 atom stereocenters. The van der Waals surface area contributed by atoms with E-state index in [4.69, 9.17) is 16.3 Å². The third-order valence-electron chi connectivity index (χ3n) is 3.78. The molecule has 4 rings (SSSR count). The minimum atomic E-state index is -0.257. The van der Waals surface area contributed by atoms with E-state index in [1.807, 2.05) is 30.3 Å². The summed E-state index contributed by atoms with van der Waals surface area (Å²) in [7, 11) is 0. The van der Waals surface area contributed by atoms with E-state index in [2.05, 4.69) is 15.1 Å². The Hall–Kier alpha value is -3.51. The van der Waals surface area contributed by atoms with Gasteiger partial charge < -0.3 is 4.74 Å². The Kier molecular flexibility index (Phi) is 4.63. The lowest BCUT2D eigenvalue weighted by molar-refractivity contribution is 0.412. The Balaban J connectivity index is 1.57. The summed E-state index contributed by atoms with van der Waals surface area (Å²) >= 11 is 5.90. The maximum Gasteiger partial charge on any atom is 0.323 e. The van der Waals surface area contributed by atoms with Crippen LogP contribution in [0.5, 0.6) is 11.9 Å². The van der Waals surface area contributed by atoms with Crippen molar-refractivity contribution >= 4 is 11.6 Å². The topological polar surface area (TPSA) is 69.9 Å². The second-order valence-corrected chi connectivity index (χ2v) is 6.06. The van der Waals surface area contributed by atoms with Gasteiger partial charge in [0.05, 0.1) is 5.69 Å². The van der Waals surface area contributed by atoms with Crippen LogP contribution in [0.15, 0.2) is 83.9 Å². The number of aromatic nitrogens is 4. The minimum absolute atomic E-state index is 0.137. The van der Waals surface area contributed by atoms with Crippen molar-refractivity contribution in [1.29, 1.82) is 0 Å². The van der Waals surface area contributed by atoms with Gasteiger partial charge in [0.15, 0.2) is 0 Å². The van der Waals surface area contributed by atoms with Crippen LogP contribution in [0.4, 0.5) is 0 Å². The van der Waals surface area contributed by atoms with Crippen molar-refractivity contribution in [2.24, 2.45) is 0 Å². The number of hydrogen-bond donors (Lipinski definition) is 0. The first kappa shape index (κ1) is 16.9. The lowest BCUT2D eigenvalue weighted by atomic mass is 10.1. The molecule has 6 nitrogen and oxygen atoms in total. The third-order valence-corrected chi connectivity index (χ3v) is 4.03. The number of rotatable bonds is 4. The largest absolute Gasteiger partial charge is 0.404 e. The maximum absolute atomic E-state index is 12.1. The van der Waals surface area contributed by atoms with Gasteiger partial charge in [-0.2, -0.15) is 4.68 Å². The fourth-order valence-corrected chi connectivity index (χ4v) is 2.58. The van der Waals surface area contributed by atoms with Crippen LogP contribution < -0.4 is 10.3 Å². The molecular formula is C20H13ClN4O2. The van der Waals surface area contributed by atoms with E-state index in [-0.39, 0.29) is 17.4 Å². The number of hydrogen-bond acceptors (Lipinski definition) is 5. The number of para-hydroxylation sites is 1. The number of nitrogens with zero attached hydrogens (tertiary/aromatic N) is 4. The van der Waals surface area contributed by atoms with E-state index in [0.717, 1.165) is 11.1 Å². The number of benzene rings is 2. The Labute approximate surface area is 159 Å². The van der Waals surface area contributed by atoms with Crippen LogP contribution in [-0.2, 0) is 0 Å². The molecule has 0 saturated carbocycles. The molecule has 0 bridgehead atoms. The first-order valence-corrected chi connectivity index (χ1v) is 8.48. The summed E-state index contributed by atoms with van der Waals surface area (Å²) in [4.78, 5) is 20.5. The van der Waals surface area contributed by atoms with Gasteiger partial charge >= 0.3 is 6.01 Å². The lowest BCUT2D eigenvalue weighted by Gasteiger charge is -2.07. The van der Waals surface area contributed by atoms with E-state index in [1.165, 1.54) is 16.8 Å². The predicted octanol–water partition coefficient (Wildman–Crippen LogP) is 4.14.